The number of ether oxygens (including phenoxy) is 4. The molecule has 14 heteroatoms. The zero-order valence-corrected chi connectivity index (χ0v) is 29.9. The molecule has 9 N–H and O–H groups in total. The van der Waals surface area contributed by atoms with E-state index in [1.54, 1.807) is 6.08 Å². The van der Waals surface area contributed by atoms with E-state index < -0.39 is 86.8 Å². The topological polar surface area (TPSA) is 228 Å². The number of hydrogen-bond donors (Lipinski definition) is 9. The van der Waals surface area contributed by atoms with Gasteiger partial charge in [-0.1, -0.05) is 89.5 Å². The molecular formula is C36H65NO13. The van der Waals surface area contributed by atoms with Gasteiger partial charge in [0.15, 0.2) is 12.6 Å². The average Bonchev–Trinajstić information content (AvgIpc) is 3.11. The summed E-state index contributed by atoms with van der Waals surface area (Å²) in [6.45, 7) is 2.55. The van der Waals surface area contributed by atoms with Gasteiger partial charge < -0.3 is 65.1 Å². The van der Waals surface area contributed by atoms with Crippen molar-refractivity contribution < 1.29 is 64.6 Å². The smallest absolute Gasteiger partial charge is 0.220 e. The van der Waals surface area contributed by atoms with Gasteiger partial charge in [0.25, 0.3) is 0 Å². The van der Waals surface area contributed by atoms with Crippen LogP contribution in [0.2, 0.25) is 0 Å². The van der Waals surface area contributed by atoms with Crippen LogP contribution in [-0.4, -0.2) is 140 Å². The minimum Gasteiger partial charge on any atom is -0.394 e. The van der Waals surface area contributed by atoms with E-state index in [0.717, 1.165) is 32.1 Å². The lowest BCUT2D eigenvalue weighted by molar-refractivity contribution is -0.359. The van der Waals surface area contributed by atoms with Crippen LogP contribution in [0.3, 0.4) is 0 Å². The summed E-state index contributed by atoms with van der Waals surface area (Å²) >= 11 is 0. The molecular weight excluding hydrogens is 654 g/mol. The predicted octanol–water partition coefficient (Wildman–Crippen LogP) is 1.09. The lowest BCUT2D eigenvalue weighted by atomic mass is 9.97. The predicted molar refractivity (Wildman–Crippen MR) is 185 cm³/mol. The molecule has 12 atom stereocenters. The largest absolute Gasteiger partial charge is 0.394 e. The van der Waals surface area contributed by atoms with Gasteiger partial charge in [0.1, 0.15) is 48.8 Å². The molecule has 2 saturated heterocycles. The van der Waals surface area contributed by atoms with Crippen LogP contribution in [-0.2, 0) is 23.7 Å². The van der Waals surface area contributed by atoms with Crippen molar-refractivity contribution in [3.05, 3.63) is 24.3 Å². The van der Waals surface area contributed by atoms with Crippen LogP contribution in [0.25, 0.3) is 0 Å². The summed E-state index contributed by atoms with van der Waals surface area (Å²) in [5.74, 6) is -0.272. The number of aliphatic hydroxyl groups excluding tert-OH is 8. The summed E-state index contributed by atoms with van der Waals surface area (Å²) in [6.07, 6.45) is 4.65. The number of aliphatic hydroxyl groups is 8. The lowest BCUT2D eigenvalue weighted by Crippen LogP contribution is -2.65. The van der Waals surface area contributed by atoms with Crippen molar-refractivity contribution in [2.45, 2.75) is 177 Å². The van der Waals surface area contributed by atoms with Crippen LogP contribution in [0, 0.1) is 0 Å². The van der Waals surface area contributed by atoms with E-state index in [1.165, 1.54) is 38.5 Å². The Morgan fingerprint density at radius 3 is 1.96 bits per heavy atom. The van der Waals surface area contributed by atoms with Gasteiger partial charge in [0.05, 0.1) is 32.0 Å². The Labute approximate surface area is 297 Å². The first-order valence-corrected chi connectivity index (χ1v) is 18.6. The first-order valence-electron chi connectivity index (χ1n) is 18.6. The maximum atomic E-state index is 12.7. The summed E-state index contributed by atoms with van der Waals surface area (Å²) in [6, 6.07) is -0.920. The molecule has 1 amide bonds. The SMILES string of the molecule is CCCCCCCC/C=C/CC/C=C/C(O)C(COC1OC(CO)C(OC2OC(CO)C(O)C(O)C2O)C(O)C1O)NC(=O)CCCCCC. The monoisotopic (exact) mass is 719 g/mol. The summed E-state index contributed by atoms with van der Waals surface area (Å²) in [7, 11) is 0. The molecule has 0 aliphatic carbocycles. The Morgan fingerprint density at radius 2 is 1.28 bits per heavy atom. The zero-order chi connectivity index (χ0) is 36.9. The highest BCUT2D eigenvalue weighted by molar-refractivity contribution is 5.76. The van der Waals surface area contributed by atoms with E-state index in [9.17, 15) is 45.6 Å². The highest BCUT2D eigenvalue weighted by Crippen LogP contribution is 2.29. The summed E-state index contributed by atoms with van der Waals surface area (Å²) in [5.41, 5.74) is 0. The summed E-state index contributed by atoms with van der Waals surface area (Å²) in [5, 5.41) is 85.5. The van der Waals surface area contributed by atoms with Crippen LogP contribution < -0.4 is 5.32 Å². The molecule has 2 aliphatic rings. The van der Waals surface area contributed by atoms with E-state index in [4.69, 9.17) is 18.9 Å². The number of nitrogens with one attached hydrogen (secondary N) is 1. The fourth-order valence-corrected chi connectivity index (χ4v) is 5.95. The van der Waals surface area contributed by atoms with Crippen molar-refractivity contribution in [3.63, 3.8) is 0 Å². The molecule has 0 aromatic carbocycles. The van der Waals surface area contributed by atoms with Crippen molar-refractivity contribution in [3.8, 4) is 0 Å². The first-order chi connectivity index (χ1) is 24.1. The Morgan fingerprint density at radius 1 is 0.700 bits per heavy atom. The first kappa shape index (κ1) is 44.6. The fourth-order valence-electron chi connectivity index (χ4n) is 5.95. The molecule has 12 unspecified atom stereocenters. The number of allylic oxidation sites excluding steroid dienone is 3. The second-order valence-corrected chi connectivity index (χ2v) is 13.3. The lowest BCUT2D eigenvalue weighted by Gasteiger charge is -2.46. The maximum absolute atomic E-state index is 12.7. The second-order valence-electron chi connectivity index (χ2n) is 13.3. The van der Waals surface area contributed by atoms with Crippen LogP contribution in [0.15, 0.2) is 24.3 Å². The Bertz CT molecular complexity index is 951. The molecule has 0 saturated carbocycles. The molecule has 2 aliphatic heterocycles. The highest BCUT2D eigenvalue weighted by Gasteiger charge is 2.50. The number of hydrogen-bond acceptors (Lipinski definition) is 13. The molecule has 0 radical (unpaired) electrons. The number of amides is 1. The number of carbonyl (C=O) groups excluding carboxylic acids is 1. The van der Waals surface area contributed by atoms with Gasteiger partial charge in [-0.25, -0.2) is 0 Å². The molecule has 0 aromatic heterocycles. The maximum Gasteiger partial charge on any atom is 0.220 e. The van der Waals surface area contributed by atoms with Gasteiger partial charge >= 0.3 is 0 Å². The van der Waals surface area contributed by atoms with Gasteiger partial charge in [-0.3, -0.25) is 4.79 Å². The molecule has 14 nitrogen and oxygen atoms in total. The van der Waals surface area contributed by atoms with Crippen LogP contribution >= 0.6 is 0 Å². The molecule has 0 aromatic rings. The molecule has 2 rings (SSSR count). The third-order valence-electron chi connectivity index (χ3n) is 9.14. The molecule has 0 bridgehead atoms. The molecule has 292 valence electrons. The Hall–Kier alpha value is -1.53. The number of unbranched alkanes of at least 4 members (excludes halogenated alkanes) is 10. The van der Waals surface area contributed by atoms with E-state index >= 15 is 0 Å². The van der Waals surface area contributed by atoms with Gasteiger partial charge in [-0.15, -0.1) is 0 Å². The van der Waals surface area contributed by atoms with E-state index in [0.29, 0.717) is 12.8 Å². The van der Waals surface area contributed by atoms with Gasteiger partial charge in [0, 0.05) is 6.42 Å². The quantitative estimate of drug-likeness (QED) is 0.0476. The Kier molecular flexibility index (Phi) is 22.7. The fraction of sp³-hybridized carbons (Fsp3) is 0.861. The third-order valence-corrected chi connectivity index (χ3v) is 9.14. The average molecular weight is 720 g/mol. The molecule has 50 heavy (non-hydrogen) atoms. The normalized spacial score (nSPS) is 31.7. The highest BCUT2D eigenvalue weighted by atomic mass is 16.7. The third kappa shape index (κ3) is 15.2. The standard InChI is InChI=1S/C36H65NO13/c1-3-5-7-9-10-11-12-13-14-15-16-17-19-25(40)24(37-28(41)20-18-8-6-4-2)23-47-35-33(46)31(44)34(27(22-39)49-35)50-36-32(45)30(43)29(42)26(21-38)48-36/h13-14,17,19,24-27,29-36,38-40,42-46H,3-12,15-16,18,20-23H2,1-2H3,(H,37,41)/b14-13+,19-17+. The number of rotatable bonds is 25. The van der Waals surface area contributed by atoms with Crippen molar-refractivity contribution in [2.75, 3.05) is 19.8 Å². The molecule has 0 spiro atoms. The molecule has 2 fully saturated rings. The Balaban J connectivity index is 1.98. The van der Waals surface area contributed by atoms with E-state index in [-0.39, 0.29) is 18.9 Å². The van der Waals surface area contributed by atoms with E-state index in [2.05, 4.69) is 31.3 Å². The van der Waals surface area contributed by atoms with Gasteiger partial charge in [-0.05, 0) is 32.1 Å². The van der Waals surface area contributed by atoms with Crippen molar-refractivity contribution in [1.82, 2.24) is 5.32 Å². The number of carbonyl (C=O) groups is 1. The van der Waals surface area contributed by atoms with Crippen LogP contribution in [0.4, 0.5) is 0 Å². The summed E-state index contributed by atoms with van der Waals surface area (Å²) in [4.78, 5) is 12.7. The van der Waals surface area contributed by atoms with Gasteiger partial charge in [-0.2, -0.15) is 0 Å². The van der Waals surface area contributed by atoms with Crippen LogP contribution in [0.1, 0.15) is 104 Å². The van der Waals surface area contributed by atoms with E-state index in [1.807, 2.05) is 6.08 Å². The van der Waals surface area contributed by atoms with Crippen molar-refractivity contribution >= 4 is 5.91 Å². The van der Waals surface area contributed by atoms with Crippen molar-refractivity contribution in [1.29, 1.82) is 0 Å². The van der Waals surface area contributed by atoms with Crippen molar-refractivity contribution in [2.24, 2.45) is 0 Å². The second kappa shape index (κ2) is 25.4. The minimum absolute atomic E-state index is 0.265. The van der Waals surface area contributed by atoms with Crippen LogP contribution in [0.5, 0.6) is 0 Å². The zero-order valence-electron chi connectivity index (χ0n) is 29.9. The summed E-state index contributed by atoms with van der Waals surface area (Å²) < 4.78 is 22.4. The van der Waals surface area contributed by atoms with Gasteiger partial charge in [0.2, 0.25) is 5.91 Å². The minimum atomic E-state index is -1.78. The molecule has 2 heterocycles.